The molecule has 3 heteroatoms. The molecule has 0 unspecified atom stereocenters. The van der Waals surface area contributed by atoms with Crippen LogP contribution >= 0.6 is 0 Å². The van der Waals surface area contributed by atoms with Crippen LogP contribution < -0.4 is 5.43 Å². The van der Waals surface area contributed by atoms with Crippen molar-refractivity contribution >= 4 is 5.84 Å². The van der Waals surface area contributed by atoms with Crippen LogP contribution in [0.3, 0.4) is 0 Å². The number of hydrogen-bond donors (Lipinski definition) is 1. The van der Waals surface area contributed by atoms with E-state index in [0.29, 0.717) is 5.41 Å². The highest BCUT2D eigenvalue weighted by atomic mass is 15.5. The van der Waals surface area contributed by atoms with E-state index in [2.05, 4.69) is 43.1 Å². The second-order valence-electron chi connectivity index (χ2n) is 5.20. The van der Waals surface area contributed by atoms with Crippen LogP contribution in [-0.4, -0.2) is 23.9 Å². The van der Waals surface area contributed by atoms with Gasteiger partial charge in [-0.1, -0.05) is 34.1 Å². The quantitative estimate of drug-likeness (QED) is 0.749. The van der Waals surface area contributed by atoms with Gasteiger partial charge in [-0.15, -0.1) is 0 Å². The van der Waals surface area contributed by atoms with Crippen LogP contribution in [0.15, 0.2) is 5.10 Å². The lowest BCUT2D eigenvalue weighted by molar-refractivity contribution is 0.373. The van der Waals surface area contributed by atoms with Crippen molar-refractivity contribution < 1.29 is 0 Å². The smallest absolute Gasteiger partial charge is 0.126 e. The maximum absolute atomic E-state index is 4.35. The molecule has 0 fully saturated rings. The third kappa shape index (κ3) is 3.56. The molecule has 0 saturated heterocycles. The van der Waals surface area contributed by atoms with Crippen LogP contribution in [0.25, 0.3) is 0 Å². The van der Waals surface area contributed by atoms with Gasteiger partial charge in [0.15, 0.2) is 0 Å². The minimum absolute atomic E-state index is 0.329. The van der Waals surface area contributed by atoms with Gasteiger partial charge in [0.1, 0.15) is 12.5 Å². The molecular formula is C11H23N3. The van der Waals surface area contributed by atoms with Gasteiger partial charge in [0, 0.05) is 13.0 Å². The van der Waals surface area contributed by atoms with Crippen molar-refractivity contribution in [3.8, 4) is 0 Å². The van der Waals surface area contributed by atoms with E-state index >= 15 is 0 Å². The molecule has 0 spiro atoms. The predicted octanol–water partition coefficient (Wildman–Crippen LogP) is 2.40. The molecule has 0 saturated carbocycles. The van der Waals surface area contributed by atoms with Gasteiger partial charge in [-0.3, -0.25) is 5.43 Å². The van der Waals surface area contributed by atoms with E-state index in [0.717, 1.165) is 19.6 Å². The number of hydrogen-bond acceptors (Lipinski definition) is 3. The second kappa shape index (κ2) is 4.67. The third-order valence-corrected chi connectivity index (χ3v) is 2.30. The van der Waals surface area contributed by atoms with E-state index in [-0.39, 0.29) is 0 Å². The lowest BCUT2D eigenvalue weighted by Crippen LogP contribution is -2.32. The summed E-state index contributed by atoms with van der Waals surface area (Å²) in [6.07, 6.45) is 3.56. The van der Waals surface area contributed by atoms with Crippen LogP contribution in [0.4, 0.5) is 0 Å². The Labute approximate surface area is 87.6 Å². The Morgan fingerprint density at radius 3 is 2.71 bits per heavy atom. The number of unbranched alkanes of at least 4 members (excludes halogenated alkanes) is 1. The Kier molecular flexibility index (Phi) is 3.78. The zero-order valence-electron chi connectivity index (χ0n) is 9.93. The SMILES string of the molecule is CCCCN1CNN=C1CC(C)(C)C. The average molecular weight is 197 g/mol. The Morgan fingerprint density at radius 2 is 2.14 bits per heavy atom. The summed E-state index contributed by atoms with van der Waals surface area (Å²) < 4.78 is 0. The fourth-order valence-electron chi connectivity index (χ4n) is 1.56. The van der Waals surface area contributed by atoms with Crippen molar-refractivity contribution in [1.82, 2.24) is 10.3 Å². The number of amidine groups is 1. The predicted molar refractivity (Wildman–Crippen MR) is 61.1 cm³/mol. The van der Waals surface area contributed by atoms with Gasteiger partial charge >= 0.3 is 0 Å². The summed E-state index contributed by atoms with van der Waals surface area (Å²) in [5.41, 5.74) is 3.40. The standard InChI is InChI=1S/C11H23N3/c1-5-6-7-14-9-12-13-10(14)8-11(2,3)4/h12H,5-9H2,1-4H3. The molecule has 1 rings (SSSR count). The normalized spacial score (nSPS) is 16.9. The maximum atomic E-state index is 4.35. The molecule has 1 heterocycles. The first kappa shape index (κ1) is 11.3. The van der Waals surface area contributed by atoms with E-state index < -0.39 is 0 Å². The van der Waals surface area contributed by atoms with E-state index in [9.17, 15) is 0 Å². The van der Waals surface area contributed by atoms with Crippen LogP contribution in [0.2, 0.25) is 0 Å². The molecule has 0 atom stereocenters. The van der Waals surface area contributed by atoms with Crippen molar-refractivity contribution in [1.29, 1.82) is 0 Å². The molecule has 0 amide bonds. The van der Waals surface area contributed by atoms with E-state index in [1.165, 1.54) is 18.7 Å². The lowest BCUT2D eigenvalue weighted by atomic mass is 9.91. The van der Waals surface area contributed by atoms with Crippen LogP contribution in [-0.2, 0) is 0 Å². The summed E-state index contributed by atoms with van der Waals surface area (Å²) in [5.74, 6) is 1.23. The zero-order chi connectivity index (χ0) is 10.6. The summed E-state index contributed by atoms with van der Waals surface area (Å²) in [6.45, 7) is 11.0. The van der Waals surface area contributed by atoms with Crippen molar-refractivity contribution in [3.63, 3.8) is 0 Å². The van der Waals surface area contributed by atoms with Gasteiger partial charge in [0.2, 0.25) is 0 Å². The summed E-state index contributed by atoms with van der Waals surface area (Å²) in [4.78, 5) is 2.36. The highest BCUT2D eigenvalue weighted by Gasteiger charge is 2.22. The molecule has 1 N–H and O–H groups in total. The highest BCUT2D eigenvalue weighted by molar-refractivity contribution is 5.83. The molecule has 0 aromatic heterocycles. The topological polar surface area (TPSA) is 27.6 Å². The number of nitrogens with zero attached hydrogens (tertiary/aromatic N) is 2. The molecular weight excluding hydrogens is 174 g/mol. The molecule has 0 radical (unpaired) electrons. The van der Waals surface area contributed by atoms with E-state index in [1.807, 2.05) is 0 Å². The number of nitrogens with one attached hydrogen (secondary N) is 1. The van der Waals surface area contributed by atoms with E-state index in [4.69, 9.17) is 0 Å². The Hall–Kier alpha value is -0.730. The Bertz CT molecular complexity index is 203. The first-order chi connectivity index (χ1) is 6.53. The molecule has 0 bridgehead atoms. The van der Waals surface area contributed by atoms with Crippen molar-refractivity contribution in [2.75, 3.05) is 13.2 Å². The Morgan fingerprint density at radius 1 is 1.43 bits per heavy atom. The number of hydrazone groups is 1. The van der Waals surface area contributed by atoms with Crippen LogP contribution in [0.1, 0.15) is 47.0 Å². The monoisotopic (exact) mass is 197 g/mol. The molecule has 1 aliphatic heterocycles. The fraction of sp³-hybridized carbons (Fsp3) is 0.909. The summed E-state index contributed by atoms with van der Waals surface area (Å²) >= 11 is 0. The first-order valence-electron chi connectivity index (χ1n) is 5.57. The summed E-state index contributed by atoms with van der Waals surface area (Å²) in [5, 5.41) is 4.35. The summed E-state index contributed by atoms with van der Waals surface area (Å²) in [6, 6.07) is 0. The molecule has 0 aromatic rings. The minimum atomic E-state index is 0.329. The van der Waals surface area contributed by atoms with Gasteiger partial charge in [-0.2, -0.15) is 5.10 Å². The molecule has 82 valence electrons. The maximum Gasteiger partial charge on any atom is 0.126 e. The summed E-state index contributed by atoms with van der Waals surface area (Å²) in [7, 11) is 0. The van der Waals surface area contributed by atoms with Crippen LogP contribution in [0, 0.1) is 5.41 Å². The second-order valence-corrected chi connectivity index (χ2v) is 5.20. The molecule has 1 aliphatic rings. The van der Waals surface area contributed by atoms with E-state index in [1.54, 1.807) is 0 Å². The van der Waals surface area contributed by atoms with Crippen molar-refractivity contribution in [2.45, 2.75) is 47.0 Å². The van der Waals surface area contributed by atoms with Gasteiger partial charge in [0.25, 0.3) is 0 Å². The zero-order valence-corrected chi connectivity index (χ0v) is 9.93. The van der Waals surface area contributed by atoms with Crippen LogP contribution in [0.5, 0.6) is 0 Å². The third-order valence-electron chi connectivity index (χ3n) is 2.30. The minimum Gasteiger partial charge on any atom is -0.340 e. The van der Waals surface area contributed by atoms with Gasteiger partial charge in [0.05, 0.1) is 0 Å². The largest absolute Gasteiger partial charge is 0.340 e. The van der Waals surface area contributed by atoms with Gasteiger partial charge in [-0.25, -0.2) is 0 Å². The van der Waals surface area contributed by atoms with Gasteiger partial charge in [-0.05, 0) is 11.8 Å². The Balaban J connectivity index is 2.43. The molecule has 14 heavy (non-hydrogen) atoms. The molecule has 0 aromatic carbocycles. The molecule has 0 aliphatic carbocycles. The number of rotatable bonds is 4. The van der Waals surface area contributed by atoms with Crippen molar-refractivity contribution in [2.24, 2.45) is 10.5 Å². The lowest BCUT2D eigenvalue weighted by Gasteiger charge is -2.24. The van der Waals surface area contributed by atoms with Crippen molar-refractivity contribution in [3.05, 3.63) is 0 Å². The fourth-order valence-corrected chi connectivity index (χ4v) is 1.56. The first-order valence-corrected chi connectivity index (χ1v) is 5.57. The molecule has 3 nitrogen and oxygen atoms in total. The average Bonchev–Trinajstić information content (AvgIpc) is 2.45. The highest BCUT2D eigenvalue weighted by Crippen LogP contribution is 2.21. The van der Waals surface area contributed by atoms with Gasteiger partial charge < -0.3 is 4.90 Å².